The first kappa shape index (κ1) is 24.1. The summed E-state index contributed by atoms with van der Waals surface area (Å²) in [6.45, 7) is 0. The van der Waals surface area contributed by atoms with Gasteiger partial charge in [-0.15, -0.1) is 0 Å². The molecule has 6 rings (SSSR count). The van der Waals surface area contributed by atoms with Gasteiger partial charge >= 0.3 is 0 Å². The molecule has 5 aromatic rings. The Morgan fingerprint density at radius 2 is 1.74 bits per heavy atom. The molecule has 0 saturated heterocycles. The van der Waals surface area contributed by atoms with Gasteiger partial charge in [-0.25, -0.2) is 14.5 Å². The molecule has 3 N–H and O–H groups in total. The molecular weight excluding hydrogens is 506 g/mol. The molecular formula is C27H24ClN7O3. The fourth-order valence-electron chi connectivity index (χ4n) is 4.80. The smallest absolute Gasteiger partial charge is 0.270 e. The molecule has 192 valence electrons. The van der Waals surface area contributed by atoms with E-state index in [0.29, 0.717) is 64.8 Å². The molecule has 1 fully saturated rings. The largest absolute Gasteiger partial charge is 0.393 e. The Labute approximate surface area is 222 Å². The van der Waals surface area contributed by atoms with Crippen molar-refractivity contribution in [1.82, 2.24) is 23.9 Å². The van der Waals surface area contributed by atoms with Crippen LogP contribution in [-0.4, -0.2) is 41.0 Å². The number of nitrogens with zero attached hydrogens (tertiary/aromatic N) is 5. The zero-order chi connectivity index (χ0) is 26.2. The number of aromatic nitrogens is 5. The summed E-state index contributed by atoms with van der Waals surface area (Å²) in [4.78, 5) is 39.3. The van der Waals surface area contributed by atoms with Crippen molar-refractivity contribution in [3.05, 3.63) is 82.5 Å². The summed E-state index contributed by atoms with van der Waals surface area (Å²) >= 11 is 6.38. The number of rotatable bonds is 5. The number of anilines is 3. The normalized spacial score (nSPS) is 17.5. The van der Waals surface area contributed by atoms with E-state index >= 15 is 0 Å². The van der Waals surface area contributed by atoms with E-state index in [1.165, 1.54) is 10.8 Å². The van der Waals surface area contributed by atoms with Gasteiger partial charge in [0.05, 0.1) is 16.8 Å². The SMILES string of the molecule is O=C(Nc1ccc(Nc2ncc3c(=O)n(-c4ccccc4Cl)c4nccn4c3n2)cc1)C1CCC(O)CC1. The molecule has 3 aromatic heterocycles. The predicted octanol–water partition coefficient (Wildman–Crippen LogP) is 4.32. The van der Waals surface area contributed by atoms with Gasteiger partial charge in [0.1, 0.15) is 5.39 Å². The van der Waals surface area contributed by atoms with Crippen LogP contribution in [0.1, 0.15) is 25.7 Å². The lowest BCUT2D eigenvalue weighted by molar-refractivity contribution is -0.121. The molecule has 1 aliphatic carbocycles. The molecule has 38 heavy (non-hydrogen) atoms. The Morgan fingerprint density at radius 1 is 1.00 bits per heavy atom. The third kappa shape index (κ3) is 4.48. The van der Waals surface area contributed by atoms with Crippen molar-refractivity contribution < 1.29 is 9.90 Å². The van der Waals surface area contributed by atoms with Crippen LogP contribution < -0.4 is 16.2 Å². The molecule has 11 heteroatoms. The molecule has 10 nitrogen and oxygen atoms in total. The van der Waals surface area contributed by atoms with Crippen molar-refractivity contribution in [2.45, 2.75) is 31.8 Å². The fraction of sp³-hybridized carbons (Fsp3) is 0.222. The summed E-state index contributed by atoms with van der Waals surface area (Å²) in [6, 6.07) is 14.3. The van der Waals surface area contributed by atoms with Crippen LogP contribution in [0.2, 0.25) is 5.02 Å². The number of hydrogen-bond acceptors (Lipinski definition) is 7. The van der Waals surface area contributed by atoms with Crippen LogP contribution in [0, 0.1) is 5.92 Å². The lowest BCUT2D eigenvalue weighted by Crippen LogP contribution is -2.28. The average Bonchev–Trinajstić information content (AvgIpc) is 3.41. The van der Waals surface area contributed by atoms with Gasteiger partial charge in [0.25, 0.3) is 5.56 Å². The minimum Gasteiger partial charge on any atom is -0.393 e. The Kier molecular flexibility index (Phi) is 6.26. The van der Waals surface area contributed by atoms with Crippen LogP contribution in [0.25, 0.3) is 22.5 Å². The number of halogens is 1. The number of nitrogens with one attached hydrogen (secondary N) is 2. The van der Waals surface area contributed by atoms with Crippen molar-refractivity contribution in [3.63, 3.8) is 0 Å². The lowest BCUT2D eigenvalue weighted by atomic mass is 9.87. The number of benzene rings is 2. The molecule has 0 aliphatic heterocycles. The maximum absolute atomic E-state index is 13.4. The van der Waals surface area contributed by atoms with E-state index in [1.807, 2.05) is 12.1 Å². The molecule has 2 aromatic carbocycles. The first-order chi connectivity index (χ1) is 18.5. The monoisotopic (exact) mass is 529 g/mol. The van der Waals surface area contributed by atoms with Gasteiger partial charge in [-0.05, 0) is 62.1 Å². The van der Waals surface area contributed by atoms with Gasteiger partial charge in [-0.3, -0.25) is 14.0 Å². The van der Waals surface area contributed by atoms with Gasteiger partial charge in [0, 0.05) is 35.9 Å². The predicted molar refractivity (Wildman–Crippen MR) is 145 cm³/mol. The zero-order valence-corrected chi connectivity index (χ0v) is 21.0. The summed E-state index contributed by atoms with van der Waals surface area (Å²) in [5, 5.41) is 16.5. The third-order valence-electron chi connectivity index (χ3n) is 6.82. The third-order valence-corrected chi connectivity index (χ3v) is 7.14. The number of amides is 1. The van der Waals surface area contributed by atoms with Gasteiger partial charge < -0.3 is 15.7 Å². The van der Waals surface area contributed by atoms with Gasteiger partial charge in [-0.1, -0.05) is 23.7 Å². The minimum atomic E-state index is -0.328. The van der Waals surface area contributed by atoms with E-state index in [1.54, 1.807) is 53.2 Å². The minimum absolute atomic E-state index is 0.0257. The van der Waals surface area contributed by atoms with Crippen LogP contribution in [0.3, 0.4) is 0 Å². The molecule has 1 aliphatic rings. The molecule has 1 saturated carbocycles. The highest BCUT2D eigenvalue weighted by Gasteiger charge is 2.25. The Balaban J connectivity index is 1.26. The Bertz CT molecular complexity index is 1710. The van der Waals surface area contributed by atoms with Crippen molar-refractivity contribution >= 4 is 51.6 Å². The summed E-state index contributed by atoms with van der Waals surface area (Å²) in [7, 11) is 0. The number of fused-ring (bicyclic) bond motifs is 3. The number of aliphatic hydroxyl groups is 1. The van der Waals surface area contributed by atoms with Crippen LogP contribution in [0.4, 0.5) is 17.3 Å². The molecule has 1 amide bonds. The maximum Gasteiger partial charge on any atom is 0.270 e. The average molecular weight is 530 g/mol. The Morgan fingerprint density at radius 3 is 2.50 bits per heavy atom. The van der Waals surface area contributed by atoms with Gasteiger partial charge in [0.2, 0.25) is 17.6 Å². The van der Waals surface area contributed by atoms with Crippen LogP contribution >= 0.6 is 11.6 Å². The van der Waals surface area contributed by atoms with Gasteiger partial charge in [0.15, 0.2) is 5.65 Å². The highest BCUT2D eigenvalue weighted by molar-refractivity contribution is 6.32. The zero-order valence-electron chi connectivity index (χ0n) is 20.2. The van der Waals surface area contributed by atoms with Crippen molar-refractivity contribution in [3.8, 4) is 5.69 Å². The first-order valence-corrected chi connectivity index (χ1v) is 12.7. The summed E-state index contributed by atoms with van der Waals surface area (Å²) in [5.74, 6) is 0.583. The summed E-state index contributed by atoms with van der Waals surface area (Å²) < 4.78 is 3.17. The highest BCUT2D eigenvalue weighted by Crippen LogP contribution is 2.26. The molecule has 0 spiro atoms. The first-order valence-electron chi connectivity index (χ1n) is 12.3. The van der Waals surface area contributed by atoms with E-state index in [-0.39, 0.29) is 23.5 Å². The second kappa shape index (κ2) is 9.88. The molecule has 0 bridgehead atoms. The van der Waals surface area contributed by atoms with E-state index in [0.717, 1.165) is 5.69 Å². The number of carbonyl (C=O) groups is 1. The van der Waals surface area contributed by atoms with Crippen molar-refractivity contribution in [2.75, 3.05) is 10.6 Å². The fourth-order valence-corrected chi connectivity index (χ4v) is 5.02. The highest BCUT2D eigenvalue weighted by atomic mass is 35.5. The number of imidazole rings is 1. The standard InChI is InChI=1S/C27H24ClN7O3/c28-21-3-1-2-4-22(21)35-25(38)20-15-30-26(33-23(20)34-14-13-29-27(34)35)32-18-9-7-17(8-10-18)31-24(37)16-5-11-19(36)12-6-16/h1-4,7-10,13-16,19,36H,5-6,11-12H2,(H,31,37)(H,30,32,33). The second-order valence-electron chi connectivity index (χ2n) is 9.32. The molecule has 0 unspecified atom stereocenters. The topological polar surface area (TPSA) is 126 Å². The molecule has 0 atom stereocenters. The number of para-hydroxylation sites is 1. The van der Waals surface area contributed by atoms with Gasteiger partial charge in [-0.2, -0.15) is 4.98 Å². The van der Waals surface area contributed by atoms with E-state index in [9.17, 15) is 14.7 Å². The van der Waals surface area contributed by atoms with Crippen LogP contribution in [0.5, 0.6) is 0 Å². The van der Waals surface area contributed by atoms with E-state index in [4.69, 9.17) is 11.6 Å². The lowest BCUT2D eigenvalue weighted by Gasteiger charge is -2.24. The maximum atomic E-state index is 13.4. The quantitative estimate of drug-likeness (QED) is 0.309. The summed E-state index contributed by atoms with van der Waals surface area (Å²) in [6.07, 6.45) is 7.22. The molecule has 0 radical (unpaired) electrons. The number of hydrogen-bond donors (Lipinski definition) is 3. The second-order valence-corrected chi connectivity index (χ2v) is 9.72. The van der Waals surface area contributed by atoms with Crippen molar-refractivity contribution in [1.29, 1.82) is 0 Å². The van der Waals surface area contributed by atoms with Crippen LogP contribution in [0.15, 0.2) is 71.9 Å². The van der Waals surface area contributed by atoms with Crippen LogP contribution in [-0.2, 0) is 4.79 Å². The number of carbonyl (C=O) groups excluding carboxylic acids is 1. The van der Waals surface area contributed by atoms with Crippen molar-refractivity contribution in [2.24, 2.45) is 5.92 Å². The number of aliphatic hydroxyl groups excluding tert-OH is 1. The van der Waals surface area contributed by atoms with E-state index in [2.05, 4.69) is 25.6 Å². The summed E-state index contributed by atoms with van der Waals surface area (Å²) in [5.41, 5.74) is 2.00. The molecule has 3 heterocycles. The Hall–Kier alpha value is -4.28. The van der Waals surface area contributed by atoms with E-state index < -0.39 is 0 Å².